The van der Waals surface area contributed by atoms with Crippen LogP contribution in [0.5, 0.6) is 11.5 Å². The predicted molar refractivity (Wildman–Crippen MR) is 177 cm³/mol. The minimum Gasteiger partial charge on any atom is -0.504 e. The van der Waals surface area contributed by atoms with Gasteiger partial charge in [-0.25, -0.2) is 4.39 Å². The lowest BCUT2D eigenvalue weighted by molar-refractivity contribution is -0.143. The zero-order chi connectivity index (χ0) is 35.5. The number of anilines is 1. The standard InChI is InChI=1S/C37H33ClFN3O8/c1-2-50-28-5-3-4-25(32(28)45)31-23-14-15-24-30(35(48)41(33(24)46)17-16-29(43)44)26(23)18-27-34(47)42(40-22-12-10-21(39)11-13-22)36(49)37(27,31)19-6-8-20(38)9-7-19/h3-14,24,26-27,30-31,40,45H,2,15-18H2,1H3,(H,43,44)/t24-,26+,27-,30-,31+,37+/m0/s1. The molecule has 2 aliphatic carbocycles. The maximum absolute atomic E-state index is 15.2. The van der Waals surface area contributed by atoms with E-state index in [9.17, 15) is 33.8 Å². The van der Waals surface area contributed by atoms with Crippen LogP contribution in [0.15, 0.2) is 78.4 Å². The van der Waals surface area contributed by atoms with Gasteiger partial charge in [0.1, 0.15) is 5.82 Å². The number of fused-ring (bicyclic) bond motifs is 4. The highest BCUT2D eigenvalue weighted by Gasteiger charge is 2.70. The zero-order valence-corrected chi connectivity index (χ0v) is 27.6. The molecule has 4 amide bonds. The van der Waals surface area contributed by atoms with Crippen molar-refractivity contribution in [1.29, 1.82) is 0 Å². The van der Waals surface area contributed by atoms with Gasteiger partial charge in [-0.15, -0.1) is 0 Å². The first kappa shape index (κ1) is 33.3. The highest BCUT2D eigenvalue weighted by Crippen LogP contribution is 2.65. The third-order valence-corrected chi connectivity index (χ3v) is 10.8. The van der Waals surface area contributed by atoms with Crippen LogP contribution in [0.2, 0.25) is 5.02 Å². The second-order valence-electron chi connectivity index (χ2n) is 13.0. The van der Waals surface area contributed by atoms with Gasteiger partial charge in [0.2, 0.25) is 11.8 Å². The van der Waals surface area contributed by atoms with Crippen molar-refractivity contribution in [1.82, 2.24) is 9.91 Å². The fraction of sp³-hybridized carbons (Fsp3) is 0.324. The average Bonchev–Trinajstić information content (AvgIpc) is 3.46. The number of para-hydroxylation sites is 1. The molecule has 0 bridgehead atoms. The number of hydrogen-bond acceptors (Lipinski definition) is 8. The Labute approximate surface area is 291 Å². The van der Waals surface area contributed by atoms with Crippen molar-refractivity contribution in [2.24, 2.45) is 23.7 Å². The van der Waals surface area contributed by atoms with Crippen molar-refractivity contribution in [2.75, 3.05) is 18.6 Å². The lowest BCUT2D eigenvalue weighted by Crippen LogP contribution is -2.53. The number of benzene rings is 3. The Morgan fingerprint density at radius 3 is 2.40 bits per heavy atom. The molecule has 0 aromatic heterocycles. The highest BCUT2D eigenvalue weighted by atomic mass is 35.5. The molecule has 13 heteroatoms. The number of amides is 4. The summed E-state index contributed by atoms with van der Waals surface area (Å²) in [6.45, 7) is 1.71. The topological polar surface area (TPSA) is 154 Å². The van der Waals surface area contributed by atoms with E-state index in [1.54, 1.807) is 49.4 Å². The van der Waals surface area contributed by atoms with Crippen molar-refractivity contribution < 1.29 is 43.3 Å². The number of aliphatic carboxylic acids is 1. The summed E-state index contributed by atoms with van der Waals surface area (Å²) in [4.78, 5) is 69.8. The quantitative estimate of drug-likeness (QED) is 0.206. The van der Waals surface area contributed by atoms with Gasteiger partial charge in [-0.3, -0.25) is 34.3 Å². The minimum atomic E-state index is -1.68. The number of allylic oxidation sites excluding steroid dienone is 2. The summed E-state index contributed by atoms with van der Waals surface area (Å²) in [6, 6.07) is 16.6. The van der Waals surface area contributed by atoms with Crippen molar-refractivity contribution in [2.45, 2.75) is 37.5 Å². The Balaban J connectivity index is 1.45. The number of carbonyl (C=O) groups is 5. The number of likely N-dealkylation sites (tertiary alicyclic amines) is 1. The van der Waals surface area contributed by atoms with Gasteiger partial charge in [0.25, 0.3) is 11.8 Å². The number of phenols is 1. The molecule has 3 N–H and O–H groups in total. The number of carboxylic acid groups (broad SMARTS) is 1. The summed E-state index contributed by atoms with van der Waals surface area (Å²) < 4.78 is 19.6. The summed E-state index contributed by atoms with van der Waals surface area (Å²) in [6.07, 6.45) is 1.54. The molecular weight excluding hydrogens is 669 g/mol. The number of hydrazine groups is 1. The van der Waals surface area contributed by atoms with Crippen LogP contribution < -0.4 is 10.2 Å². The highest BCUT2D eigenvalue weighted by molar-refractivity contribution is 6.30. The first-order valence-electron chi connectivity index (χ1n) is 16.4. The average molecular weight is 702 g/mol. The Bertz CT molecular complexity index is 1950. The fourth-order valence-corrected chi connectivity index (χ4v) is 8.66. The number of rotatable bonds is 9. The molecule has 7 rings (SSSR count). The van der Waals surface area contributed by atoms with E-state index in [0.29, 0.717) is 16.2 Å². The third-order valence-electron chi connectivity index (χ3n) is 10.5. The summed E-state index contributed by atoms with van der Waals surface area (Å²) in [7, 11) is 0. The van der Waals surface area contributed by atoms with Crippen LogP contribution in [0.3, 0.4) is 0 Å². The molecule has 258 valence electrons. The Hall–Kier alpha value is -5.23. The number of phenolic OH excluding ortho intramolecular Hbond substituents is 1. The van der Waals surface area contributed by atoms with Gasteiger partial charge >= 0.3 is 5.97 Å². The number of hydrogen-bond donors (Lipinski definition) is 3. The second kappa shape index (κ2) is 12.6. The molecule has 0 radical (unpaired) electrons. The molecule has 3 aromatic carbocycles. The van der Waals surface area contributed by atoms with Crippen LogP contribution in [0.25, 0.3) is 0 Å². The SMILES string of the molecule is CCOc1cccc([C@H]2C3=CC[C@@H]4C(=O)N(CCC(=O)O)C(=O)[C@@H]4[C@@H]3C[C@H]3C(=O)N(Nc4ccc(F)cc4)C(=O)[C@@]23c2ccc(Cl)cc2)c1O. The number of nitrogens with zero attached hydrogens (tertiary/aromatic N) is 2. The Morgan fingerprint density at radius 2 is 1.72 bits per heavy atom. The van der Waals surface area contributed by atoms with Crippen LogP contribution in [0.4, 0.5) is 10.1 Å². The molecule has 0 spiro atoms. The number of ether oxygens (including phenoxy) is 1. The number of carbonyl (C=O) groups excluding carboxylic acids is 4. The van der Waals surface area contributed by atoms with E-state index in [1.165, 1.54) is 24.3 Å². The summed E-state index contributed by atoms with van der Waals surface area (Å²) >= 11 is 6.32. The van der Waals surface area contributed by atoms with Gasteiger partial charge in [-0.05, 0) is 73.7 Å². The number of halogens is 2. The molecule has 6 atom stereocenters. The van der Waals surface area contributed by atoms with Gasteiger partial charge < -0.3 is 14.9 Å². The summed E-state index contributed by atoms with van der Waals surface area (Å²) in [5, 5.41) is 22.4. The fourth-order valence-electron chi connectivity index (χ4n) is 8.54. The molecule has 0 unspecified atom stereocenters. The Morgan fingerprint density at radius 1 is 1.00 bits per heavy atom. The normalized spacial score (nSPS) is 27.1. The number of nitrogens with one attached hydrogen (secondary N) is 1. The summed E-state index contributed by atoms with van der Waals surface area (Å²) in [5.74, 6) is -8.54. The van der Waals surface area contributed by atoms with Gasteiger partial charge in [0, 0.05) is 23.0 Å². The van der Waals surface area contributed by atoms with E-state index < -0.39 is 76.8 Å². The number of aromatic hydroxyl groups is 1. The zero-order valence-electron chi connectivity index (χ0n) is 26.8. The molecule has 50 heavy (non-hydrogen) atoms. The Kier molecular flexibility index (Phi) is 8.37. The lowest BCUT2D eigenvalue weighted by atomic mass is 9.49. The largest absolute Gasteiger partial charge is 0.504 e. The first-order valence-corrected chi connectivity index (χ1v) is 16.7. The number of carboxylic acids is 1. The lowest BCUT2D eigenvalue weighted by Gasteiger charge is -2.50. The molecule has 2 heterocycles. The van der Waals surface area contributed by atoms with E-state index in [0.717, 1.165) is 9.91 Å². The molecule has 4 aliphatic rings. The molecule has 2 aliphatic heterocycles. The molecular formula is C37H33ClFN3O8. The van der Waals surface area contributed by atoms with Crippen molar-refractivity contribution in [3.63, 3.8) is 0 Å². The van der Waals surface area contributed by atoms with Gasteiger partial charge in [-0.2, -0.15) is 5.01 Å². The monoisotopic (exact) mass is 701 g/mol. The summed E-state index contributed by atoms with van der Waals surface area (Å²) in [5.41, 5.74) is 2.81. The smallest absolute Gasteiger partial charge is 0.305 e. The van der Waals surface area contributed by atoms with Gasteiger partial charge in [0.15, 0.2) is 11.5 Å². The maximum atomic E-state index is 15.2. The maximum Gasteiger partial charge on any atom is 0.305 e. The number of imide groups is 2. The molecule has 11 nitrogen and oxygen atoms in total. The van der Waals surface area contributed by atoms with Crippen molar-refractivity contribution in [3.05, 3.63) is 100 Å². The molecule has 2 saturated heterocycles. The van der Waals surface area contributed by atoms with E-state index in [-0.39, 0.29) is 48.7 Å². The third kappa shape index (κ3) is 5.03. The first-order chi connectivity index (χ1) is 24.0. The minimum absolute atomic E-state index is 0.00397. The van der Waals surface area contributed by atoms with Crippen molar-refractivity contribution in [3.8, 4) is 11.5 Å². The van der Waals surface area contributed by atoms with Gasteiger partial charge in [-0.1, -0.05) is 47.5 Å². The van der Waals surface area contributed by atoms with Crippen LogP contribution in [0, 0.1) is 29.5 Å². The second-order valence-corrected chi connectivity index (χ2v) is 13.4. The molecule has 3 aromatic rings. The van der Waals surface area contributed by atoms with Gasteiger partial charge in [0.05, 0.1) is 41.9 Å². The van der Waals surface area contributed by atoms with Crippen LogP contribution in [-0.4, -0.2) is 62.9 Å². The van der Waals surface area contributed by atoms with Crippen LogP contribution >= 0.6 is 11.6 Å². The van der Waals surface area contributed by atoms with E-state index in [2.05, 4.69) is 5.43 Å². The van der Waals surface area contributed by atoms with E-state index >= 15 is 4.79 Å². The van der Waals surface area contributed by atoms with E-state index in [1.807, 2.05) is 6.08 Å². The molecule has 1 saturated carbocycles. The van der Waals surface area contributed by atoms with Crippen LogP contribution in [0.1, 0.15) is 43.2 Å². The predicted octanol–water partition coefficient (Wildman–Crippen LogP) is 5.04. The van der Waals surface area contributed by atoms with Crippen molar-refractivity contribution >= 4 is 46.9 Å². The van der Waals surface area contributed by atoms with Crippen LogP contribution in [-0.2, 0) is 29.4 Å². The molecule has 3 fully saturated rings. The van der Waals surface area contributed by atoms with E-state index in [4.69, 9.17) is 16.3 Å².